The Morgan fingerprint density at radius 1 is 1.17 bits per heavy atom. The Balaban J connectivity index is 1.35. The van der Waals surface area contributed by atoms with E-state index in [-0.39, 0.29) is 18.4 Å². The van der Waals surface area contributed by atoms with E-state index in [9.17, 15) is 4.79 Å². The number of nitrogens with one attached hydrogen (secondary N) is 1. The molecule has 1 aliphatic heterocycles. The second-order valence-corrected chi connectivity index (χ2v) is 7.02. The fourth-order valence-corrected chi connectivity index (χ4v) is 3.52. The van der Waals surface area contributed by atoms with Crippen LogP contribution in [0.15, 0.2) is 55.0 Å². The molecule has 0 saturated heterocycles. The zero-order valence-electron chi connectivity index (χ0n) is 16.9. The summed E-state index contributed by atoms with van der Waals surface area (Å²) in [5.41, 5.74) is 3.70. The predicted molar refractivity (Wildman–Crippen MR) is 112 cm³/mol. The minimum atomic E-state index is -0.103. The highest BCUT2D eigenvalue weighted by Crippen LogP contribution is 2.32. The van der Waals surface area contributed by atoms with E-state index in [0.717, 1.165) is 34.6 Å². The number of hydrogen-bond acceptors (Lipinski definition) is 6. The molecule has 0 spiro atoms. The van der Waals surface area contributed by atoms with Crippen molar-refractivity contribution in [3.63, 3.8) is 0 Å². The van der Waals surface area contributed by atoms with Gasteiger partial charge in [-0.25, -0.2) is 0 Å². The molecule has 0 radical (unpaired) electrons. The summed E-state index contributed by atoms with van der Waals surface area (Å²) in [7, 11) is 3.18. The van der Waals surface area contributed by atoms with Gasteiger partial charge in [0, 0.05) is 29.9 Å². The van der Waals surface area contributed by atoms with Crippen molar-refractivity contribution in [1.82, 2.24) is 15.3 Å². The number of aromatic nitrogens is 2. The van der Waals surface area contributed by atoms with Gasteiger partial charge in [0.2, 0.25) is 5.91 Å². The number of fused-ring (bicyclic) bond motifs is 1. The first kappa shape index (κ1) is 19.7. The standard InChI is InChI=1S/C23H23N3O4/c1-28-18-4-6-21(29-2)17(10-18)12-23(27)26-13-19-11-16-9-15(3-5-22(16)30-19)20-14-24-7-8-25-20/h3-10,14,19H,11-13H2,1-2H3,(H,26,27)/t19-/m0/s1. The quantitative estimate of drug-likeness (QED) is 0.651. The first-order valence-electron chi connectivity index (χ1n) is 9.70. The van der Waals surface area contributed by atoms with Crippen LogP contribution in [-0.4, -0.2) is 42.7 Å². The topological polar surface area (TPSA) is 82.6 Å². The summed E-state index contributed by atoms with van der Waals surface area (Å²) in [6.07, 6.45) is 5.90. The van der Waals surface area contributed by atoms with Crippen molar-refractivity contribution in [1.29, 1.82) is 0 Å². The van der Waals surface area contributed by atoms with Gasteiger partial charge in [-0.2, -0.15) is 0 Å². The van der Waals surface area contributed by atoms with E-state index in [0.29, 0.717) is 18.0 Å². The van der Waals surface area contributed by atoms with E-state index in [1.54, 1.807) is 44.9 Å². The van der Waals surface area contributed by atoms with Gasteiger partial charge in [0.15, 0.2) is 0 Å². The van der Waals surface area contributed by atoms with Crippen LogP contribution in [0.25, 0.3) is 11.3 Å². The zero-order chi connectivity index (χ0) is 20.9. The lowest BCUT2D eigenvalue weighted by atomic mass is 10.0. The molecule has 7 heteroatoms. The molecule has 0 saturated carbocycles. The average Bonchev–Trinajstić information content (AvgIpc) is 3.20. The summed E-state index contributed by atoms with van der Waals surface area (Å²) < 4.78 is 16.6. The van der Waals surface area contributed by atoms with Gasteiger partial charge in [0.25, 0.3) is 0 Å². The van der Waals surface area contributed by atoms with E-state index in [1.807, 2.05) is 18.2 Å². The van der Waals surface area contributed by atoms with Gasteiger partial charge in [-0.1, -0.05) is 0 Å². The van der Waals surface area contributed by atoms with Gasteiger partial charge in [-0.3, -0.25) is 14.8 Å². The SMILES string of the molecule is COc1ccc(OC)c(CC(=O)NC[C@@H]2Cc3cc(-c4cnccn4)ccc3O2)c1. The van der Waals surface area contributed by atoms with E-state index in [1.165, 1.54) is 0 Å². The van der Waals surface area contributed by atoms with Crippen LogP contribution < -0.4 is 19.5 Å². The van der Waals surface area contributed by atoms with Crippen LogP contribution in [0.1, 0.15) is 11.1 Å². The molecule has 4 rings (SSSR count). The average molecular weight is 405 g/mol. The first-order chi connectivity index (χ1) is 14.7. The lowest BCUT2D eigenvalue weighted by Gasteiger charge is -2.13. The summed E-state index contributed by atoms with van der Waals surface area (Å²) in [4.78, 5) is 20.9. The second kappa shape index (κ2) is 8.82. The Morgan fingerprint density at radius 2 is 2.07 bits per heavy atom. The number of hydrogen-bond donors (Lipinski definition) is 1. The lowest BCUT2D eigenvalue weighted by Crippen LogP contribution is -2.35. The molecule has 3 aromatic rings. The van der Waals surface area contributed by atoms with Crippen LogP contribution in [0.5, 0.6) is 17.2 Å². The Hall–Kier alpha value is -3.61. The van der Waals surface area contributed by atoms with Crippen molar-refractivity contribution in [3.05, 3.63) is 66.1 Å². The molecule has 30 heavy (non-hydrogen) atoms. The van der Waals surface area contributed by atoms with E-state index in [2.05, 4.69) is 21.4 Å². The lowest BCUT2D eigenvalue weighted by molar-refractivity contribution is -0.120. The van der Waals surface area contributed by atoms with Crippen molar-refractivity contribution in [3.8, 4) is 28.5 Å². The molecule has 1 aromatic heterocycles. The zero-order valence-corrected chi connectivity index (χ0v) is 16.9. The molecule has 1 aliphatic rings. The van der Waals surface area contributed by atoms with Crippen molar-refractivity contribution < 1.29 is 19.0 Å². The molecule has 0 aliphatic carbocycles. The van der Waals surface area contributed by atoms with Crippen molar-refractivity contribution >= 4 is 5.91 Å². The maximum Gasteiger partial charge on any atom is 0.224 e. The molecule has 2 aromatic carbocycles. The highest BCUT2D eigenvalue weighted by molar-refractivity contribution is 5.79. The summed E-state index contributed by atoms with van der Waals surface area (Å²) in [5, 5.41) is 2.96. The van der Waals surface area contributed by atoms with Gasteiger partial charge in [0.05, 0.1) is 39.1 Å². The summed E-state index contributed by atoms with van der Waals surface area (Å²) in [5.74, 6) is 2.09. The molecule has 2 heterocycles. The van der Waals surface area contributed by atoms with E-state index in [4.69, 9.17) is 14.2 Å². The van der Waals surface area contributed by atoms with E-state index < -0.39 is 0 Å². The fraction of sp³-hybridized carbons (Fsp3) is 0.261. The third-order valence-corrected chi connectivity index (χ3v) is 5.03. The monoisotopic (exact) mass is 405 g/mol. The summed E-state index contributed by atoms with van der Waals surface area (Å²) in [6, 6.07) is 11.4. The maximum atomic E-state index is 12.5. The Labute approximate surface area is 175 Å². The third-order valence-electron chi connectivity index (χ3n) is 5.03. The molecule has 1 atom stereocenters. The molecular formula is C23H23N3O4. The van der Waals surface area contributed by atoms with Crippen molar-refractivity contribution in [2.24, 2.45) is 0 Å². The maximum absolute atomic E-state index is 12.5. The number of ether oxygens (including phenoxy) is 3. The first-order valence-corrected chi connectivity index (χ1v) is 9.70. The number of nitrogens with zero attached hydrogens (tertiary/aromatic N) is 2. The van der Waals surface area contributed by atoms with Crippen LogP contribution in [0.4, 0.5) is 0 Å². The fourth-order valence-electron chi connectivity index (χ4n) is 3.52. The molecule has 0 fully saturated rings. The molecule has 1 N–H and O–H groups in total. The van der Waals surface area contributed by atoms with Crippen LogP contribution in [-0.2, 0) is 17.6 Å². The number of methoxy groups -OCH3 is 2. The molecule has 0 unspecified atom stereocenters. The molecule has 0 bridgehead atoms. The van der Waals surface area contributed by atoms with Crippen molar-refractivity contribution in [2.45, 2.75) is 18.9 Å². The minimum Gasteiger partial charge on any atom is -0.497 e. The summed E-state index contributed by atoms with van der Waals surface area (Å²) >= 11 is 0. The normalized spacial score (nSPS) is 14.5. The molecule has 1 amide bonds. The number of rotatable bonds is 7. The largest absolute Gasteiger partial charge is 0.497 e. The van der Waals surface area contributed by atoms with E-state index >= 15 is 0 Å². The predicted octanol–water partition coefficient (Wildman–Crippen LogP) is 2.82. The smallest absolute Gasteiger partial charge is 0.224 e. The number of amides is 1. The third kappa shape index (κ3) is 4.35. The highest BCUT2D eigenvalue weighted by Gasteiger charge is 2.24. The van der Waals surface area contributed by atoms with Gasteiger partial charge in [-0.05, 0) is 42.0 Å². The molecular weight excluding hydrogens is 382 g/mol. The number of benzene rings is 2. The molecule has 154 valence electrons. The number of carbonyl (C=O) groups is 1. The Kier molecular flexibility index (Phi) is 5.79. The van der Waals surface area contributed by atoms with Gasteiger partial charge >= 0.3 is 0 Å². The minimum absolute atomic E-state index is 0.0960. The van der Waals surface area contributed by atoms with Crippen LogP contribution in [0, 0.1) is 0 Å². The number of carbonyl (C=O) groups excluding carboxylic acids is 1. The van der Waals surface area contributed by atoms with Crippen LogP contribution >= 0.6 is 0 Å². The van der Waals surface area contributed by atoms with Crippen molar-refractivity contribution in [2.75, 3.05) is 20.8 Å². The second-order valence-electron chi connectivity index (χ2n) is 7.02. The summed E-state index contributed by atoms with van der Waals surface area (Å²) in [6.45, 7) is 0.431. The van der Waals surface area contributed by atoms with Crippen LogP contribution in [0.2, 0.25) is 0 Å². The Morgan fingerprint density at radius 3 is 2.83 bits per heavy atom. The highest BCUT2D eigenvalue weighted by atomic mass is 16.5. The molecule has 7 nitrogen and oxygen atoms in total. The van der Waals surface area contributed by atoms with Gasteiger partial charge in [-0.15, -0.1) is 0 Å². The Bertz CT molecular complexity index is 1040. The van der Waals surface area contributed by atoms with Gasteiger partial charge < -0.3 is 19.5 Å². The van der Waals surface area contributed by atoms with Crippen LogP contribution in [0.3, 0.4) is 0 Å². The van der Waals surface area contributed by atoms with Gasteiger partial charge in [0.1, 0.15) is 23.4 Å².